The molecule has 0 fully saturated rings. The molecule has 0 saturated heterocycles. The fourth-order valence-electron chi connectivity index (χ4n) is 2.13. The van der Waals surface area contributed by atoms with Gasteiger partial charge in [0, 0.05) is 6.42 Å². The number of hydrogen-bond acceptors (Lipinski definition) is 7. The smallest absolute Gasteiger partial charge is 0.408 e. The molecule has 1 rings (SSSR count). The average molecular weight is 354 g/mol. The Morgan fingerprint density at radius 1 is 1.28 bits per heavy atom. The van der Waals surface area contributed by atoms with Gasteiger partial charge in [-0.2, -0.15) is 0 Å². The highest BCUT2D eigenvalue weighted by molar-refractivity contribution is 5.70. The lowest BCUT2D eigenvalue weighted by atomic mass is 10.0. The molecule has 0 bridgehead atoms. The van der Waals surface area contributed by atoms with Crippen molar-refractivity contribution in [2.75, 3.05) is 14.2 Å². The van der Waals surface area contributed by atoms with Crippen molar-refractivity contribution in [2.24, 2.45) is 0 Å². The molecule has 1 N–H and O–H groups in total. The van der Waals surface area contributed by atoms with Crippen LogP contribution in [0, 0.1) is 10.1 Å². The van der Waals surface area contributed by atoms with Gasteiger partial charge in [-0.25, -0.2) is 4.79 Å². The summed E-state index contributed by atoms with van der Waals surface area (Å²) in [5.41, 5.74) is -0.944. The van der Waals surface area contributed by atoms with Gasteiger partial charge >= 0.3 is 6.09 Å². The van der Waals surface area contributed by atoms with Crippen molar-refractivity contribution >= 4 is 18.1 Å². The van der Waals surface area contributed by atoms with E-state index in [2.05, 4.69) is 5.32 Å². The third kappa shape index (κ3) is 5.63. The van der Waals surface area contributed by atoms with Crippen molar-refractivity contribution in [3.8, 4) is 11.5 Å². The van der Waals surface area contributed by atoms with Crippen LogP contribution >= 0.6 is 0 Å². The number of methoxy groups -OCH3 is 2. The molecule has 138 valence electrons. The van der Waals surface area contributed by atoms with E-state index in [-0.39, 0.29) is 29.2 Å². The Kier molecular flexibility index (Phi) is 6.72. The molecule has 0 aliphatic carbocycles. The maximum atomic E-state index is 12.0. The van der Waals surface area contributed by atoms with Crippen molar-refractivity contribution < 1.29 is 28.7 Å². The number of rotatable bonds is 7. The summed E-state index contributed by atoms with van der Waals surface area (Å²) >= 11 is 0. The number of amides is 1. The van der Waals surface area contributed by atoms with Gasteiger partial charge in [-0.05, 0) is 26.8 Å². The van der Waals surface area contributed by atoms with Crippen LogP contribution in [0.25, 0.3) is 0 Å². The van der Waals surface area contributed by atoms with Crippen molar-refractivity contribution in [1.82, 2.24) is 5.32 Å². The number of aldehydes is 1. The van der Waals surface area contributed by atoms with E-state index < -0.39 is 22.7 Å². The average Bonchev–Trinajstić information content (AvgIpc) is 2.51. The number of benzene rings is 1. The van der Waals surface area contributed by atoms with E-state index in [0.717, 1.165) is 0 Å². The molecule has 0 radical (unpaired) electrons. The van der Waals surface area contributed by atoms with E-state index in [0.29, 0.717) is 6.29 Å². The van der Waals surface area contributed by atoms with Gasteiger partial charge in [-0.1, -0.05) is 0 Å². The van der Waals surface area contributed by atoms with Crippen LogP contribution in [0.3, 0.4) is 0 Å². The summed E-state index contributed by atoms with van der Waals surface area (Å²) in [5, 5.41) is 13.9. The molecule has 9 heteroatoms. The SMILES string of the molecule is COc1cc([C@@H](CC=O)NC(=O)OC(C)(C)C)c([N+](=O)[O-])cc1OC. The van der Waals surface area contributed by atoms with Crippen LogP contribution in [0.4, 0.5) is 10.5 Å². The highest BCUT2D eigenvalue weighted by atomic mass is 16.6. The number of nitro groups is 1. The largest absolute Gasteiger partial charge is 0.493 e. The number of nitro benzene ring substituents is 1. The summed E-state index contributed by atoms with van der Waals surface area (Å²) in [6.07, 6.45) is -0.402. The zero-order chi connectivity index (χ0) is 19.2. The van der Waals surface area contributed by atoms with Gasteiger partial charge in [-0.3, -0.25) is 10.1 Å². The molecule has 0 aromatic heterocycles. The molecule has 1 aromatic rings. The van der Waals surface area contributed by atoms with E-state index in [9.17, 15) is 19.7 Å². The first kappa shape index (κ1) is 20.2. The lowest BCUT2D eigenvalue weighted by molar-refractivity contribution is -0.385. The summed E-state index contributed by atoms with van der Waals surface area (Å²) in [7, 11) is 2.73. The van der Waals surface area contributed by atoms with Gasteiger partial charge in [0.25, 0.3) is 5.69 Å². The molecule has 1 aromatic carbocycles. The summed E-state index contributed by atoms with van der Waals surface area (Å²) in [6.45, 7) is 5.04. The summed E-state index contributed by atoms with van der Waals surface area (Å²) in [6, 6.07) is 1.60. The second-order valence-corrected chi connectivity index (χ2v) is 6.12. The summed E-state index contributed by atoms with van der Waals surface area (Å²) in [5.74, 6) is 0.407. The third-order valence-electron chi connectivity index (χ3n) is 3.13. The molecule has 0 aliphatic heterocycles. The van der Waals surface area contributed by atoms with Crippen LogP contribution in [-0.4, -0.2) is 37.1 Å². The van der Waals surface area contributed by atoms with Gasteiger partial charge in [0.15, 0.2) is 11.5 Å². The molecular weight excluding hydrogens is 332 g/mol. The predicted molar refractivity (Wildman–Crippen MR) is 89.0 cm³/mol. The second kappa shape index (κ2) is 8.32. The highest BCUT2D eigenvalue weighted by Gasteiger charge is 2.28. The quantitative estimate of drug-likeness (QED) is 0.454. The first-order chi connectivity index (χ1) is 11.6. The standard InChI is InChI=1S/C16H22N2O7/c1-16(2,3)25-15(20)17-11(6-7-19)10-8-13(23-4)14(24-5)9-12(10)18(21)22/h7-9,11H,6H2,1-5H3,(H,17,20)/t11-/m1/s1. The van der Waals surface area contributed by atoms with Gasteiger partial charge < -0.3 is 24.3 Å². The maximum absolute atomic E-state index is 12.0. The molecule has 1 amide bonds. The molecular formula is C16H22N2O7. The highest BCUT2D eigenvalue weighted by Crippen LogP contribution is 2.38. The Morgan fingerprint density at radius 3 is 2.28 bits per heavy atom. The number of nitrogens with zero attached hydrogens (tertiary/aromatic N) is 1. The van der Waals surface area contributed by atoms with Gasteiger partial charge in [-0.15, -0.1) is 0 Å². The molecule has 25 heavy (non-hydrogen) atoms. The minimum atomic E-state index is -0.951. The normalized spacial score (nSPS) is 12.0. The number of nitrogens with one attached hydrogen (secondary N) is 1. The molecule has 0 heterocycles. The van der Waals surface area contributed by atoms with Crippen molar-refractivity contribution in [3.63, 3.8) is 0 Å². The topological polar surface area (TPSA) is 117 Å². The number of carbonyl (C=O) groups excluding carboxylic acids is 2. The summed E-state index contributed by atoms with van der Waals surface area (Å²) in [4.78, 5) is 33.8. The number of ether oxygens (including phenoxy) is 3. The zero-order valence-electron chi connectivity index (χ0n) is 14.8. The van der Waals surface area contributed by atoms with E-state index in [4.69, 9.17) is 14.2 Å². The summed E-state index contributed by atoms with van der Waals surface area (Å²) < 4.78 is 15.3. The van der Waals surface area contributed by atoms with Gasteiger partial charge in [0.05, 0.1) is 36.8 Å². The van der Waals surface area contributed by atoms with E-state index in [1.807, 2.05) is 0 Å². The van der Waals surface area contributed by atoms with Crippen molar-refractivity contribution in [3.05, 3.63) is 27.8 Å². The second-order valence-electron chi connectivity index (χ2n) is 6.12. The monoisotopic (exact) mass is 354 g/mol. The van der Waals surface area contributed by atoms with E-state index in [1.54, 1.807) is 20.8 Å². The Bertz CT molecular complexity index is 653. The van der Waals surface area contributed by atoms with Crippen LogP contribution in [-0.2, 0) is 9.53 Å². The minimum Gasteiger partial charge on any atom is -0.493 e. The maximum Gasteiger partial charge on any atom is 0.408 e. The lowest BCUT2D eigenvalue weighted by Crippen LogP contribution is -2.35. The van der Waals surface area contributed by atoms with Gasteiger partial charge in [0.1, 0.15) is 11.9 Å². The molecule has 0 aliphatic rings. The number of alkyl carbamates (subject to hydrolysis) is 1. The van der Waals surface area contributed by atoms with Crippen LogP contribution in [0.5, 0.6) is 11.5 Å². The lowest BCUT2D eigenvalue weighted by Gasteiger charge is -2.23. The Balaban J connectivity index is 3.31. The third-order valence-corrected chi connectivity index (χ3v) is 3.13. The van der Waals surface area contributed by atoms with Crippen molar-refractivity contribution in [1.29, 1.82) is 0 Å². The van der Waals surface area contributed by atoms with E-state index in [1.165, 1.54) is 26.4 Å². The molecule has 0 spiro atoms. The fourth-order valence-corrected chi connectivity index (χ4v) is 2.13. The van der Waals surface area contributed by atoms with Gasteiger partial charge in [0.2, 0.25) is 0 Å². The predicted octanol–water partition coefficient (Wildman–Crippen LogP) is 2.77. The zero-order valence-corrected chi connectivity index (χ0v) is 14.8. The van der Waals surface area contributed by atoms with Crippen LogP contribution in [0.2, 0.25) is 0 Å². The fraction of sp³-hybridized carbons (Fsp3) is 0.500. The first-order valence-corrected chi connectivity index (χ1v) is 7.46. The van der Waals surface area contributed by atoms with Crippen LogP contribution in [0.1, 0.15) is 38.8 Å². The van der Waals surface area contributed by atoms with E-state index >= 15 is 0 Å². The molecule has 9 nitrogen and oxygen atoms in total. The Morgan fingerprint density at radius 2 is 1.84 bits per heavy atom. The number of carbonyl (C=O) groups is 2. The van der Waals surface area contributed by atoms with Crippen molar-refractivity contribution in [2.45, 2.75) is 38.8 Å². The van der Waals surface area contributed by atoms with Crippen LogP contribution < -0.4 is 14.8 Å². The first-order valence-electron chi connectivity index (χ1n) is 7.46. The Labute approximate surface area is 145 Å². The minimum absolute atomic E-state index is 0.112. The number of hydrogen-bond donors (Lipinski definition) is 1. The molecule has 0 unspecified atom stereocenters. The molecule has 0 saturated carbocycles. The van der Waals surface area contributed by atoms with Crippen LogP contribution in [0.15, 0.2) is 12.1 Å². The Hall–Kier alpha value is -2.84. The molecule has 1 atom stereocenters.